The van der Waals surface area contributed by atoms with E-state index in [0.717, 1.165) is 37.2 Å². The van der Waals surface area contributed by atoms with Gasteiger partial charge < -0.3 is 15.5 Å². The van der Waals surface area contributed by atoms with Gasteiger partial charge in [0.05, 0.1) is 0 Å². The van der Waals surface area contributed by atoms with Gasteiger partial charge in [-0.2, -0.15) is 0 Å². The van der Waals surface area contributed by atoms with Crippen molar-refractivity contribution >= 4 is 17.6 Å². The van der Waals surface area contributed by atoms with Gasteiger partial charge in [0.25, 0.3) is 5.91 Å². The van der Waals surface area contributed by atoms with Gasteiger partial charge in [-0.15, -0.1) is 0 Å². The summed E-state index contributed by atoms with van der Waals surface area (Å²) in [5.74, 6) is 1.39. The quantitative estimate of drug-likeness (QED) is 0.845. The third-order valence-corrected chi connectivity index (χ3v) is 4.09. The molecule has 1 fully saturated rings. The summed E-state index contributed by atoms with van der Waals surface area (Å²) in [6, 6.07) is 0. The molecule has 2 amide bonds. The first kappa shape index (κ1) is 14.7. The highest BCUT2D eigenvalue weighted by Crippen LogP contribution is 2.20. The van der Waals surface area contributed by atoms with Gasteiger partial charge in [0, 0.05) is 38.2 Å². The minimum Gasteiger partial charge on any atom is -0.368 e. The molecule has 3 rings (SSSR count). The third kappa shape index (κ3) is 3.03. The zero-order valence-corrected chi connectivity index (χ0v) is 12.8. The molecule has 0 radical (unpaired) electrons. The summed E-state index contributed by atoms with van der Waals surface area (Å²) < 4.78 is 0. The number of piperidine rings is 1. The Bertz CT molecular complexity index is 602. The van der Waals surface area contributed by atoms with E-state index in [-0.39, 0.29) is 11.8 Å². The van der Waals surface area contributed by atoms with Gasteiger partial charge in [0.1, 0.15) is 17.3 Å². The van der Waals surface area contributed by atoms with Crippen LogP contribution in [0.2, 0.25) is 0 Å². The molecular weight excluding hydrogens is 282 g/mol. The molecule has 22 heavy (non-hydrogen) atoms. The predicted octanol–water partition coefficient (Wildman–Crippen LogP) is 0.495. The summed E-state index contributed by atoms with van der Waals surface area (Å²) in [5.41, 5.74) is 1.34. The minimum atomic E-state index is -0.138. The molecule has 2 N–H and O–H groups in total. The van der Waals surface area contributed by atoms with Crippen molar-refractivity contribution in [3.8, 4) is 0 Å². The number of rotatable bonds is 4. The lowest BCUT2D eigenvalue weighted by molar-refractivity contribution is -0.133. The second kappa shape index (κ2) is 6.29. The van der Waals surface area contributed by atoms with Crippen molar-refractivity contribution in [3.05, 3.63) is 17.1 Å². The molecule has 0 aliphatic carbocycles. The van der Waals surface area contributed by atoms with Crippen molar-refractivity contribution in [1.82, 2.24) is 20.2 Å². The second-order valence-corrected chi connectivity index (χ2v) is 5.72. The number of likely N-dealkylation sites (tertiary alicyclic amines) is 1. The molecule has 1 saturated heterocycles. The second-order valence-electron chi connectivity index (χ2n) is 5.72. The van der Waals surface area contributed by atoms with Crippen LogP contribution in [-0.4, -0.2) is 52.9 Å². The maximum absolute atomic E-state index is 11.9. The Morgan fingerprint density at radius 3 is 2.91 bits per heavy atom. The fourth-order valence-electron chi connectivity index (χ4n) is 2.96. The van der Waals surface area contributed by atoms with Crippen LogP contribution >= 0.6 is 0 Å². The zero-order valence-electron chi connectivity index (χ0n) is 12.8. The van der Waals surface area contributed by atoms with Gasteiger partial charge in [0.15, 0.2) is 0 Å². The number of aryl methyl sites for hydroxylation is 1. The minimum absolute atomic E-state index is 0.138. The van der Waals surface area contributed by atoms with Crippen molar-refractivity contribution in [2.75, 3.05) is 31.5 Å². The van der Waals surface area contributed by atoms with Gasteiger partial charge in [0.2, 0.25) is 5.91 Å². The Morgan fingerprint density at radius 2 is 2.09 bits per heavy atom. The highest BCUT2D eigenvalue weighted by atomic mass is 16.2. The molecule has 0 aromatic carbocycles. The van der Waals surface area contributed by atoms with E-state index < -0.39 is 0 Å². The molecular formula is C15H21N5O2. The number of aromatic nitrogens is 2. The van der Waals surface area contributed by atoms with Gasteiger partial charge in [-0.25, -0.2) is 9.97 Å². The fourth-order valence-corrected chi connectivity index (χ4v) is 2.96. The normalized spacial score (nSPS) is 18.0. The first-order valence-corrected chi connectivity index (χ1v) is 7.82. The summed E-state index contributed by atoms with van der Waals surface area (Å²) in [4.78, 5) is 34.2. The number of carbonyl (C=O) groups is 2. The largest absolute Gasteiger partial charge is 0.368 e. The summed E-state index contributed by atoms with van der Waals surface area (Å²) in [7, 11) is 0. The van der Waals surface area contributed by atoms with E-state index in [0.29, 0.717) is 37.6 Å². The van der Waals surface area contributed by atoms with Crippen molar-refractivity contribution in [2.24, 2.45) is 0 Å². The summed E-state index contributed by atoms with van der Waals surface area (Å²) in [6.45, 7) is 4.53. The van der Waals surface area contributed by atoms with Gasteiger partial charge >= 0.3 is 0 Å². The molecule has 1 aromatic rings. The van der Waals surface area contributed by atoms with Crippen LogP contribution in [-0.2, 0) is 11.2 Å². The number of nitrogens with one attached hydrogen (secondary N) is 2. The SMILES string of the molecule is Cc1nc(NCCN2CCCCC2=O)c2c(n1)C(=O)NCC2. The summed E-state index contributed by atoms with van der Waals surface area (Å²) >= 11 is 0. The monoisotopic (exact) mass is 303 g/mol. The Kier molecular flexibility index (Phi) is 4.22. The van der Waals surface area contributed by atoms with E-state index in [9.17, 15) is 9.59 Å². The van der Waals surface area contributed by atoms with Gasteiger partial charge in [-0.1, -0.05) is 0 Å². The van der Waals surface area contributed by atoms with Gasteiger partial charge in [-0.05, 0) is 26.2 Å². The van der Waals surface area contributed by atoms with E-state index in [1.807, 2.05) is 4.90 Å². The van der Waals surface area contributed by atoms with E-state index in [4.69, 9.17) is 0 Å². The third-order valence-electron chi connectivity index (χ3n) is 4.09. The predicted molar refractivity (Wildman–Crippen MR) is 81.7 cm³/mol. The van der Waals surface area contributed by atoms with Crippen LogP contribution in [0, 0.1) is 6.92 Å². The molecule has 0 atom stereocenters. The molecule has 118 valence electrons. The van der Waals surface area contributed by atoms with E-state index in [1.54, 1.807) is 6.92 Å². The van der Waals surface area contributed by atoms with Gasteiger partial charge in [-0.3, -0.25) is 9.59 Å². The van der Waals surface area contributed by atoms with Crippen molar-refractivity contribution in [3.63, 3.8) is 0 Å². The summed E-state index contributed by atoms with van der Waals surface area (Å²) in [5, 5.41) is 6.07. The maximum Gasteiger partial charge on any atom is 0.270 e. The van der Waals surface area contributed by atoms with E-state index in [1.165, 1.54) is 0 Å². The topological polar surface area (TPSA) is 87.2 Å². The lowest BCUT2D eigenvalue weighted by Gasteiger charge is -2.27. The Morgan fingerprint density at radius 1 is 1.23 bits per heavy atom. The highest BCUT2D eigenvalue weighted by Gasteiger charge is 2.23. The average Bonchev–Trinajstić information content (AvgIpc) is 2.50. The first-order chi connectivity index (χ1) is 10.6. The molecule has 2 aliphatic heterocycles. The Balaban J connectivity index is 1.67. The number of hydrogen-bond donors (Lipinski definition) is 2. The van der Waals surface area contributed by atoms with E-state index >= 15 is 0 Å². The van der Waals surface area contributed by atoms with Crippen molar-refractivity contribution in [1.29, 1.82) is 0 Å². The number of anilines is 1. The lowest BCUT2D eigenvalue weighted by Crippen LogP contribution is -2.39. The number of hydrogen-bond acceptors (Lipinski definition) is 5. The average molecular weight is 303 g/mol. The molecule has 0 saturated carbocycles. The standard InChI is InChI=1S/C15H21N5O2/c1-10-18-13-11(5-6-17-15(13)22)14(19-10)16-7-9-20-8-3-2-4-12(20)21/h2-9H2,1H3,(H,17,22)(H,16,18,19). The maximum atomic E-state index is 11.9. The molecule has 7 heteroatoms. The van der Waals surface area contributed by atoms with Crippen LogP contribution in [0.3, 0.4) is 0 Å². The van der Waals surface area contributed by atoms with Crippen molar-refractivity contribution in [2.45, 2.75) is 32.6 Å². The van der Waals surface area contributed by atoms with E-state index in [2.05, 4.69) is 20.6 Å². The summed E-state index contributed by atoms with van der Waals surface area (Å²) in [6.07, 6.45) is 3.46. The van der Waals surface area contributed by atoms with Crippen molar-refractivity contribution < 1.29 is 9.59 Å². The highest BCUT2D eigenvalue weighted by molar-refractivity contribution is 5.95. The smallest absolute Gasteiger partial charge is 0.270 e. The Hall–Kier alpha value is -2.18. The number of amides is 2. The van der Waals surface area contributed by atoms with Crippen LogP contribution in [0.15, 0.2) is 0 Å². The molecule has 0 spiro atoms. The molecule has 7 nitrogen and oxygen atoms in total. The number of nitrogens with zero attached hydrogens (tertiary/aromatic N) is 3. The molecule has 1 aromatic heterocycles. The van der Waals surface area contributed by atoms with Crippen LogP contribution < -0.4 is 10.6 Å². The lowest BCUT2D eigenvalue weighted by atomic mass is 10.1. The first-order valence-electron chi connectivity index (χ1n) is 7.82. The van der Waals surface area contributed by atoms with Crippen LogP contribution in [0.25, 0.3) is 0 Å². The van der Waals surface area contributed by atoms with Crippen LogP contribution in [0.5, 0.6) is 0 Å². The molecule has 0 bridgehead atoms. The molecule has 3 heterocycles. The number of fused-ring (bicyclic) bond motifs is 1. The Labute approximate surface area is 129 Å². The van der Waals surface area contributed by atoms with Crippen LogP contribution in [0.1, 0.15) is 41.1 Å². The fraction of sp³-hybridized carbons (Fsp3) is 0.600. The zero-order chi connectivity index (χ0) is 15.5. The van der Waals surface area contributed by atoms with Crippen LogP contribution in [0.4, 0.5) is 5.82 Å². The molecule has 0 unspecified atom stereocenters. The molecule has 2 aliphatic rings. The number of carbonyl (C=O) groups excluding carboxylic acids is 2.